The summed E-state index contributed by atoms with van der Waals surface area (Å²) < 4.78 is 0. The topological polar surface area (TPSA) is 69.9 Å². The van der Waals surface area contributed by atoms with E-state index in [0.717, 1.165) is 5.56 Å². The number of carboxylic acid groups (broad SMARTS) is 1. The predicted octanol–water partition coefficient (Wildman–Crippen LogP) is 3.10. The molecule has 0 bridgehead atoms. The first-order valence-corrected chi connectivity index (χ1v) is 6.24. The average Bonchev–Trinajstić information content (AvgIpc) is 2.48. The second-order valence-corrected chi connectivity index (χ2v) is 4.50. The SMILES string of the molecule is C[C@@H](C(=O)O)c1cccc(/C(=N\O)c2ccccc2)c1. The molecule has 0 saturated carbocycles. The number of carboxylic acids is 1. The Morgan fingerprint density at radius 3 is 2.30 bits per heavy atom. The van der Waals surface area contributed by atoms with E-state index >= 15 is 0 Å². The molecule has 0 aliphatic heterocycles. The van der Waals surface area contributed by atoms with Gasteiger partial charge in [-0.3, -0.25) is 4.79 Å². The van der Waals surface area contributed by atoms with Crippen LogP contribution in [0.2, 0.25) is 0 Å². The largest absolute Gasteiger partial charge is 0.481 e. The Labute approximate surface area is 117 Å². The molecule has 1 atom stereocenters. The zero-order valence-electron chi connectivity index (χ0n) is 11.0. The van der Waals surface area contributed by atoms with Gasteiger partial charge in [0, 0.05) is 11.1 Å². The number of nitrogens with zero attached hydrogens (tertiary/aromatic N) is 1. The van der Waals surface area contributed by atoms with Crippen molar-refractivity contribution in [2.75, 3.05) is 0 Å². The lowest BCUT2D eigenvalue weighted by atomic mass is 9.95. The predicted molar refractivity (Wildman–Crippen MR) is 76.4 cm³/mol. The highest BCUT2D eigenvalue weighted by atomic mass is 16.4. The molecule has 0 amide bonds. The summed E-state index contributed by atoms with van der Waals surface area (Å²) in [5, 5.41) is 21.6. The summed E-state index contributed by atoms with van der Waals surface area (Å²) in [6.45, 7) is 1.62. The number of carbonyl (C=O) groups is 1. The first-order valence-electron chi connectivity index (χ1n) is 6.24. The van der Waals surface area contributed by atoms with Gasteiger partial charge in [-0.05, 0) is 18.6 Å². The summed E-state index contributed by atoms with van der Waals surface area (Å²) in [7, 11) is 0. The third kappa shape index (κ3) is 2.85. The number of hydrogen-bond acceptors (Lipinski definition) is 3. The summed E-state index contributed by atoms with van der Waals surface area (Å²) >= 11 is 0. The fourth-order valence-corrected chi connectivity index (χ4v) is 1.98. The molecule has 0 aromatic heterocycles. The van der Waals surface area contributed by atoms with E-state index in [9.17, 15) is 10.0 Å². The van der Waals surface area contributed by atoms with Crippen LogP contribution in [0.15, 0.2) is 59.8 Å². The van der Waals surface area contributed by atoms with Gasteiger partial charge in [-0.25, -0.2) is 0 Å². The third-order valence-electron chi connectivity index (χ3n) is 3.18. The van der Waals surface area contributed by atoms with Crippen LogP contribution in [0.4, 0.5) is 0 Å². The number of rotatable bonds is 4. The second-order valence-electron chi connectivity index (χ2n) is 4.50. The van der Waals surface area contributed by atoms with Crippen molar-refractivity contribution in [3.05, 3.63) is 71.3 Å². The summed E-state index contributed by atoms with van der Waals surface area (Å²) in [5.41, 5.74) is 2.55. The third-order valence-corrected chi connectivity index (χ3v) is 3.18. The zero-order chi connectivity index (χ0) is 14.5. The molecule has 0 aliphatic carbocycles. The van der Waals surface area contributed by atoms with Crippen LogP contribution in [-0.4, -0.2) is 22.0 Å². The first kappa shape index (κ1) is 13.8. The fourth-order valence-electron chi connectivity index (χ4n) is 1.98. The van der Waals surface area contributed by atoms with E-state index in [1.54, 1.807) is 31.2 Å². The zero-order valence-corrected chi connectivity index (χ0v) is 11.0. The van der Waals surface area contributed by atoms with Crippen molar-refractivity contribution in [3.63, 3.8) is 0 Å². The van der Waals surface area contributed by atoms with Crippen molar-refractivity contribution >= 4 is 11.7 Å². The standard InChI is InChI=1S/C16H15NO3/c1-11(16(18)19)13-8-5-9-14(10-13)15(17-20)12-6-3-2-4-7-12/h2-11,20H,1H3,(H,18,19)/b17-15-/t11-/m1/s1. The maximum Gasteiger partial charge on any atom is 0.310 e. The molecule has 0 aliphatic rings. The highest BCUT2D eigenvalue weighted by Gasteiger charge is 2.15. The summed E-state index contributed by atoms with van der Waals surface area (Å²) in [6.07, 6.45) is 0. The number of hydrogen-bond donors (Lipinski definition) is 2. The molecule has 4 nitrogen and oxygen atoms in total. The summed E-state index contributed by atoms with van der Waals surface area (Å²) in [5.74, 6) is -1.49. The minimum absolute atomic E-state index is 0.421. The first-order chi connectivity index (χ1) is 9.63. The van der Waals surface area contributed by atoms with Gasteiger partial charge >= 0.3 is 5.97 Å². The second kappa shape index (κ2) is 6.02. The van der Waals surface area contributed by atoms with E-state index in [1.165, 1.54) is 0 Å². The Hall–Kier alpha value is -2.62. The van der Waals surface area contributed by atoms with Gasteiger partial charge in [0.1, 0.15) is 5.71 Å². The molecule has 2 rings (SSSR count). The molecule has 20 heavy (non-hydrogen) atoms. The van der Waals surface area contributed by atoms with Gasteiger partial charge in [-0.1, -0.05) is 53.7 Å². The van der Waals surface area contributed by atoms with E-state index < -0.39 is 11.9 Å². The van der Waals surface area contributed by atoms with Gasteiger partial charge in [0.05, 0.1) is 5.92 Å². The van der Waals surface area contributed by atoms with Gasteiger partial charge in [0.2, 0.25) is 0 Å². The quantitative estimate of drug-likeness (QED) is 0.509. The Bertz CT molecular complexity index is 635. The average molecular weight is 269 g/mol. The van der Waals surface area contributed by atoms with Gasteiger partial charge in [0.15, 0.2) is 0 Å². The van der Waals surface area contributed by atoms with Crippen molar-refractivity contribution in [1.82, 2.24) is 0 Å². The van der Waals surface area contributed by atoms with Gasteiger partial charge in [-0.2, -0.15) is 0 Å². The van der Waals surface area contributed by atoms with E-state index in [0.29, 0.717) is 16.8 Å². The van der Waals surface area contributed by atoms with Crippen LogP contribution in [0.3, 0.4) is 0 Å². The number of aliphatic carboxylic acids is 1. The summed E-state index contributed by atoms with van der Waals surface area (Å²) in [6, 6.07) is 16.3. The van der Waals surface area contributed by atoms with Gasteiger partial charge in [-0.15, -0.1) is 0 Å². The Balaban J connectivity index is 2.42. The highest BCUT2D eigenvalue weighted by molar-refractivity contribution is 6.12. The summed E-state index contributed by atoms with van der Waals surface area (Å²) in [4.78, 5) is 11.0. The molecule has 0 radical (unpaired) electrons. The molecule has 0 heterocycles. The molecule has 0 unspecified atom stereocenters. The highest BCUT2D eigenvalue weighted by Crippen LogP contribution is 2.19. The van der Waals surface area contributed by atoms with Crippen molar-refractivity contribution in [1.29, 1.82) is 0 Å². The van der Waals surface area contributed by atoms with Gasteiger partial charge < -0.3 is 10.3 Å². The van der Waals surface area contributed by atoms with Crippen LogP contribution in [0, 0.1) is 0 Å². The van der Waals surface area contributed by atoms with E-state index in [1.807, 2.05) is 30.3 Å². The molecular formula is C16H15NO3. The molecule has 2 aromatic rings. The van der Waals surface area contributed by atoms with E-state index in [4.69, 9.17) is 5.11 Å². The normalized spacial score (nSPS) is 12.9. The Kier molecular flexibility index (Phi) is 4.15. The molecule has 4 heteroatoms. The fraction of sp³-hybridized carbons (Fsp3) is 0.125. The maximum absolute atomic E-state index is 11.0. The van der Waals surface area contributed by atoms with Crippen LogP contribution in [0.25, 0.3) is 0 Å². The maximum atomic E-state index is 11.0. The minimum Gasteiger partial charge on any atom is -0.481 e. The molecule has 0 saturated heterocycles. The molecular weight excluding hydrogens is 254 g/mol. The molecule has 0 spiro atoms. The Morgan fingerprint density at radius 1 is 1.05 bits per heavy atom. The monoisotopic (exact) mass is 269 g/mol. The van der Waals surface area contributed by atoms with Crippen molar-refractivity contribution in [2.45, 2.75) is 12.8 Å². The van der Waals surface area contributed by atoms with Crippen molar-refractivity contribution < 1.29 is 15.1 Å². The molecule has 0 fully saturated rings. The van der Waals surface area contributed by atoms with Crippen molar-refractivity contribution in [2.24, 2.45) is 5.16 Å². The van der Waals surface area contributed by atoms with Crippen LogP contribution in [0.1, 0.15) is 29.5 Å². The van der Waals surface area contributed by atoms with Crippen LogP contribution >= 0.6 is 0 Å². The van der Waals surface area contributed by atoms with Gasteiger partial charge in [0.25, 0.3) is 0 Å². The van der Waals surface area contributed by atoms with E-state index in [-0.39, 0.29) is 0 Å². The smallest absolute Gasteiger partial charge is 0.310 e. The number of oxime groups is 1. The van der Waals surface area contributed by atoms with Crippen molar-refractivity contribution in [3.8, 4) is 0 Å². The number of benzene rings is 2. The molecule has 2 N–H and O–H groups in total. The Morgan fingerprint density at radius 2 is 1.70 bits per heavy atom. The molecule has 2 aromatic carbocycles. The van der Waals surface area contributed by atoms with Crippen LogP contribution < -0.4 is 0 Å². The molecule has 102 valence electrons. The lowest BCUT2D eigenvalue weighted by molar-refractivity contribution is -0.138. The van der Waals surface area contributed by atoms with Crippen LogP contribution in [-0.2, 0) is 4.79 Å². The lowest BCUT2D eigenvalue weighted by Crippen LogP contribution is -2.09. The lowest BCUT2D eigenvalue weighted by Gasteiger charge is -2.10. The van der Waals surface area contributed by atoms with Crippen LogP contribution in [0.5, 0.6) is 0 Å². The minimum atomic E-state index is -0.885. The van der Waals surface area contributed by atoms with E-state index in [2.05, 4.69) is 5.16 Å².